The van der Waals surface area contributed by atoms with Gasteiger partial charge in [0.2, 0.25) is 10.0 Å². The minimum atomic E-state index is -3.25. The van der Waals surface area contributed by atoms with E-state index in [4.69, 9.17) is 4.74 Å². The van der Waals surface area contributed by atoms with Crippen molar-refractivity contribution < 1.29 is 17.9 Å². The smallest absolute Gasteiger partial charge is 0.317 e. The molecule has 3 aliphatic rings. The molecule has 1 N–H and O–H groups in total. The standard InChI is InChI=1S/C15H27N3O4S/c1-12(10-22-14-4-2-3-5-14)11-23(20,21)17-8-13(9-17)18-7-6-16-15(18)19/h12-14H,2-11H2,1H3,(H,16,19). The van der Waals surface area contributed by atoms with Crippen LogP contribution in [-0.4, -0.2) is 74.3 Å². The maximum Gasteiger partial charge on any atom is 0.317 e. The molecule has 3 rings (SSSR count). The second-order valence-corrected chi connectivity index (χ2v) is 9.03. The van der Waals surface area contributed by atoms with Crippen molar-refractivity contribution in [1.82, 2.24) is 14.5 Å². The number of amides is 2. The van der Waals surface area contributed by atoms with Crippen LogP contribution in [-0.2, 0) is 14.8 Å². The van der Waals surface area contributed by atoms with Crippen molar-refractivity contribution in [2.24, 2.45) is 5.92 Å². The third-order valence-corrected chi connectivity index (χ3v) is 7.04. The van der Waals surface area contributed by atoms with Crippen LogP contribution >= 0.6 is 0 Å². The van der Waals surface area contributed by atoms with Crippen LogP contribution in [0, 0.1) is 5.92 Å². The molecule has 1 unspecified atom stereocenters. The van der Waals surface area contributed by atoms with Crippen LogP contribution in [0.5, 0.6) is 0 Å². The fourth-order valence-corrected chi connectivity index (χ4v) is 5.37. The molecule has 0 radical (unpaired) electrons. The number of hydrogen-bond donors (Lipinski definition) is 1. The summed E-state index contributed by atoms with van der Waals surface area (Å²) in [5.74, 6) is 0.119. The highest BCUT2D eigenvalue weighted by atomic mass is 32.2. The Balaban J connectivity index is 1.41. The third-order valence-electron chi connectivity index (χ3n) is 4.97. The predicted molar refractivity (Wildman–Crippen MR) is 86.6 cm³/mol. The van der Waals surface area contributed by atoms with Crippen molar-refractivity contribution in [2.45, 2.75) is 44.8 Å². The van der Waals surface area contributed by atoms with Crippen LogP contribution in [0.4, 0.5) is 4.79 Å². The molecule has 2 aliphatic heterocycles. The average Bonchev–Trinajstić information content (AvgIpc) is 3.06. The highest BCUT2D eigenvalue weighted by molar-refractivity contribution is 7.89. The Morgan fingerprint density at radius 1 is 1.30 bits per heavy atom. The summed E-state index contributed by atoms with van der Waals surface area (Å²) in [6.45, 7) is 4.60. The number of hydrogen-bond acceptors (Lipinski definition) is 4. The van der Waals surface area contributed by atoms with Crippen LogP contribution in [0.2, 0.25) is 0 Å². The summed E-state index contributed by atoms with van der Waals surface area (Å²) in [5, 5.41) is 2.75. The van der Waals surface area contributed by atoms with E-state index in [0.29, 0.717) is 38.9 Å². The van der Waals surface area contributed by atoms with Gasteiger partial charge in [-0.3, -0.25) is 0 Å². The Bertz CT molecular complexity index is 527. The molecule has 7 nitrogen and oxygen atoms in total. The van der Waals surface area contributed by atoms with Gasteiger partial charge in [-0.15, -0.1) is 0 Å². The average molecular weight is 345 g/mol. The van der Waals surface area contributed by atoms with Gasteiger partial charge in [-0.1, -0.05) is 19.8 Å². The van der Waals surface area contributed by atoms with E-state index in [1.807, 2.05) is 6.92 Å². The van der Waals surface area contributed by atoms with E-state index >= 15 is 0 Å². The van der Waals surface area contributed by atoms with Gasteiger partial charge in [-0.05, 0) is 18.8 Å². The first-order chi connectivity index (χ1) is 11.0. The number of rotatable bonds is 7. The molecule has 0 aromatic rings. The summed E-state index contributed by atoms with van der Waals surface area (Å²) in [6.07, 6.45) is 4.96. The van der Waals surface area contributed by atoms with Gasteiger partial charge in [0, 0.05) is 26.2 Å². The van der Waals surface area contributed by atoms with Gasteiger partial charge < -0.3 is 15.0 Å². The highest BCUT2D eigenvalue weighted by Crippen LogP contribution is 2.24. The van der Waals surface area contributed by atoms with E-state index < -0.39 is 10.0 Å². The van der Waals surface area contributed by atoms with E-state index in [2.05, 4.69) is 5.32 Å². The lowest BCUT2D eigenvalue weighted by Crippen LogP contribution is -2.62. The molecule has 1 atom stereocenters. The van der Waals surface area contributed by atoms with Crippen LogP contribution in [0.3, 0.4) is 0 Å². The van der Waals surface area contributed by atoms with Gasteiger partial charge in [0.05, 0.1) is 24.5 Å². The van der Waals surface area contributed by atoms with Gasteiger partial charge >= 0.3 is 6.03 Å². The van der Waals surface area contributed by atoms with E-state index in [0.717, 1.165) is 12.8 Å². The molecule has 2 heterocycles. The lowest BCUT2D eigenvalue weighted by Gasteiger charge is -2.42. The Hall–Kier alpha value is -0.860. The topological polar surface area (TPSA) is 79.0 Å². The molecule has 0 bridgehead atoms. The van der Waals surface area contributed by atoms with Gasteiger partial charge in [0.25, 0.3) is 0 Å². The number of sulfonamides is 1. The fourth-order valence-electron chi connectivity index (χ4n) is 3.54. The van der Waals surface area contributed by atoms with Crippen LogP contribution in [0.1, 0.15) is 32.6 Å². The van der Waals surface area contributed by atoms with Gasteiger partial charge in [0.1, 0.15) is 0 Å². The van der Waals surface area contributed by atoms with Crippen molar-refractivity contribution in [3.05, 3.63) is 0 Å². The molecule has 132 valence electrons. The number of nitrogens with one attached hydrogen (secondary N) is 1. The molecule has 0 aromatic heterocycles. The molecule has 2 amide bonds. The molecule has 0 aromatic carbocycles. The number of carbonyl (C=O) groups is 1. The summed E-state index contributed by atoms with van der Waals surface area (Å²) in [4.78, 5) is 13.3. The molecule has 8 heteroatoms. The second-order valence-electron chi connectivity index (χ2n) is 7.02. The summed E-state index contributed by atoms with van der Waals surface area (Å²) in [6, 6.07) is -0.0531. The maximum atomic E-state index is 12.4. The quantitative estimate of drug-likeness (QED) is 0.734. The third kappa shape index (κ3) is 3.97. The van der Waals surface area contributed by atoms with Crippen molar-refractivity contribution >= 4 is 16.1 Å². The van der Waals surface area contributed by atoms with E-state index in [-0.39, 0.29) is 23.7 Å². The zero-order chi connectivity index (χ0) is 16.4. The minimum absolute atomic E-state index is 0.00487. The second kappa shape index (κ2) is 6.94. The number of nitrogens with zero attached hydrogens (tertiary/aromatic N) is 2. The van der Waals surface area contributed by atoms with Crippen molar-refractivity contribution in [1.29, 1.82) is 0 Å². The SMILES string of the molecule is CC(COC1CCCC1)CS(=O)(=O)N1CC(N2CCNC2=O)C1. The van der Waals surface area contributed by atoms with Crippen LogP contribution in [0.15, 0.2) is 0 Å². The van der Waals surface area contributed by atoms with Crippen LogP contribution < -0.4 is 5.32 Å². The summed E-state index contributed by atoms with van der Waals surface area (Å²) in [7, 11) is -3.25. The maximum absolute atomic E-state index is 12.4. The van der Waals surface area contributed by atoms with Gasteiger partial charge in [-0.2, -0.15) is 4.31 Å². The Labute approximate surface area is 138 Å². The molecule has 3 fully saturated rings. The molecular weight excluding hydrogens is 318 g/mol. The zero-order valence-electron chi connectivity index (χ0n) is 13.7. The Kier molecular flexibility index (Phi) is 5.13. The van der Waals surface area contributed by atoms with E-state index in [1.54, 1.807) is 4.90 Å². The largest absolute Gasteiger partial charge is 0.378 e. The predicted octanol–water partition coefficient (Wildman–Crippen LogP) is 0.621. The summed E-state index contributed by atoms with van der Waals surface area (Å²) < 4.78 is 32.1. The number of urea groups is 1. The monoisotopic (exact) mass is 345 g/mol. The first kappa shape index (κ1) is 17.0. The van der Waals surface area contributed by atoms with Gasteiger partial charge in [0.15, 0.2) is 0 Å². The zero-order valence-corrected chi connectivity index (χ0v) is 14.6. The van der Waals surface area contributed by atoms with Crippen molar-refractivity contribution in [3.63, 3.8) is 0 Å². The molecule has 1 saturated carbocycles. The molecule has 1 aliphatic carbocycles. The van der Waals surface area contributed by atoms with Gasteiger partial charge in [-0.25, -0.2) is 13.2 Å². The first-order valence-electron chi connectivity index (χ1n) is 8.59. The van der Waals surface area contributed by atoms with Crippen molar-refractivity contribution in [3.8, 4) is 0 Å². The van der Waals surface area contributed by atoms with Crippen molar-refractivity contribution in [2.75, 3.05) is 38.5 Å². The molecule has 2 saturated heterocycles. The van der Waals surface area contributed by atoms with Crippen LogP contribution in [0.25, 0.3) is 0 Å². The fraction of sp³-hybridized carbons (Fsp3) is 0.933. The van der Waals surface area contributed by atoms with E-state index in [1.165, 1.54) is 17.1 Å². The Morgan fingerprint density at radius 3 is 2.61 bits per heavy atom. The molecule has 0 spiro atoms. The lowest BCUT2D eigenvalue weighted by atomic mass is 10.1. The number of carbonyl (C=O) groups excluding carboxylic acids is 1. The minimum Gasteiger partial charge on any atom is -0.378 e. The highest BCUT2D eigenvalue weighted by Gasteiger charge is 2.42. The Morgan fingerprint density at radius 2 is 2.00 bits per heavy atom. The molecule has 23 heavy (non-hydrogen) atoms. The lowest BCUT2D eigenvalue weighted by molar-refractivity contribution is 0.0407. The summed E-state index contributed by atoms with van der Waals surface area (Å²) in [5.41, 5.74) is 0. The summed E-state index contributed by atoms with van der Waals surface area (Å²) >= 11 is 0. The normalized spacial score (nSPS) is 25.6. The molecular formula is C15H27N3O4S. The first-order valence-corrected chi connectivity index (χ1v) is 10.2. The van der Waals surface area contributed by atoms with E-state index in [9.17, 15) is 13.2 Å². The number of ether oxygens (including phenoxy) is 1.